The van der Waals surface area contributed by atoms with E-state index in [1.165, 1.54) is 18.6 Å². The number of amides is 3. The van der Waals surface area contributed by atoms with Crippen LogP contribution in [-0.2, 0) is 9.53 Å². The van der Waals surface area contributed by atoms with Gasteiger partial charge >= 0.3 is 12.0 Å². The SMILES string of the molecule is O=C(COC(=O)c1ccc(Cl)cc1)NC(=O)NC1CCCCC1. The molecular weight excluding hydrogens is 320 g/mol. The fourth-order valence-electron chi connectivity index (χ4n) is 2.43. The van der Waals surface area contributed by atoms with Crippen LogP contribution in [0.15, 0.2) is 24.3 Å². The highest BCUT2D eigenvalue weighted by molar-refractivity contribution is 6.30. The molecule has 0 spiro atoms. The molecule has 1 saturated carbocycles. The van der Waals surface area contributed by atoms with Crippen molar-refractivity contribution in [3.8, 4) is 0 Å². The quantitative estimate of drug-likeness (QED) is 0.826. The van der Waals surface area contributed by atoms with Crippen LogP contribution in [0, 0.1) is 0 Å². The highest BCUT2D eigenvalue weighted by Crippen LogP contribution is 2.17. The molecule has 1 aromatic carbocycles. The Bertz CT molecular complexity index is 568. The molecule has 1 aliphatic carbocycles. The highest BCUT2D eigenvalue weighted by atomic mass is 35.5. The van der Waals surface area contributed by atoms with Crippen molar-refractivity contribution in [2.45, 2.75) is 38.1 Å². The lowest BCUT2D eigenvalue weighted by molar-refractivity contribution is -0.123. The summed E-state index contributed by atoms with van der Waals surface area (Å²) in [7, 11) is 0. The Kier molecular flexibility index (Phi) is 6.40. The van der Waals surface area contributed by atoms with Gasteiger partial charge in [-0.25, -0.2) is 9.59 Å². The Morgan fingerprint density at radius 3 is 2.39 bits per heavy atom. The number of carbonyl (C=O) groups excluding carboxylic acids is 3. The molecule has 2 rings (SSSR count). The molecule has 0 aliphatic heterocycles. The van der Waals surface area contributed by atoms with Crippen LogP contribution in [0.25, 0.3) is 0 Å². The van der Waals surface area contributed by atoms with Crippen molar-refractivity contribution in [1.29, 1.82) is 0 Å². The van der Waals surface area contributed by atoms with Gasteiger partial charge in [0.25, 0.3) is 5.91 Å². The molecule has 6 nitrogen and oxygen atoms in total. The number of nitrogens with one attached hydrogen (secondary N) is 2. The smallest absolute Gasteiger partial charge is 0.338 e. The highest BCUT2D eigenvalue weighted by Gasteiger charge is 2.17. The van der Waals surface area contributed by atoms with E-state index >= 15 is 0 Å². The first kappa shape index (κ1) is 17.3. The van der Waals surface area contributed by atoms with E-state index < -0.39 is 24.5 Å². The maximum Gasteiger partial charge on any atom is 0.338 e. The molecule has 0 heterocycles. The van der Waals surface area contributed by atoms with Crippen molar-refractivity contribution in [1.82, 2.24) is 10.6 Å². The van der Waals surface area contributed by atoms with Gasteiger partial charge in [-0.1, -0.05) is 30.9 Å². The number of halogens is 1. The topological polar surface area (TPSA) is 84.5 Å². The van der Waals surface area contributed by atoms with Gasteiger partial charge in [0, 0.05) is 11.1 Å². The Labute approximate surface area is 139 Å². The number of imide groups is 1. The van der Waals surface area contributed by atoms with E-state index in [2.05, 4.69) is 10.6 Å². The van der Waals surface area contributed by atoms with Gasteiger partial charge in [0.2, 0.25) is 0 Å². The van der Waals surface area contributed by atoms with Crippen LogP contribution in [-0.4, -0.2) is 30.6 Å². The summed E-state index contributed by atoms with van der Waals surface area (Å²) < 4.78 is 4.85. The Hall–Kier alpha value is -2.08. The molecule has 7 heteroatoms. The zero-order chi connectivity index (χ0) is 16.7. The Balaban J connectivity index is 1.70. The van der Waals surface area contributed by atoms with Gasteiger partial charge in [-0.05, 0) is 37.1 Å². The molecule has 0 atom stereocenters. The summed E-state index contributed by atoms with van der Waals surface area (Å²) in [5.74, 6) is -1.31. The summed E-state index contributed by atoms with van der Waals surface area (Å²) in [4.78, 5) is 35.0. The number of ether oxygens (including phenoxy) is 1. The molecular formula is C16H19ClN2O4. The number of rotatable bonds is 4. The molecule has 0 saturated heterocycles. The van der Waals surface area contributed by atoms with Crippen LogP contribution in [0.2, 0.25) is 5.02 Å². The van der Waals surface area contributed by atoms with Gasteiger partial charge in [0.1, 0.15) is 0 Å². The fourth-order valence-corrected chi connectivity index (χ4v) is 2.56. The van der Waals surface area contributed by atoms with Gasteiger partial charge in [-0.2, -0.15) is 0 Å². The van der Waals surface area contributed by atoms with E-state index in [9.17, 15) is 14.4 Å². The Morgan fingerprint density at radius 2 is 1.74 bits per heavy atom. The van der Waals surface area contributed by atoms with Crippen molar-refractivity contribution in [3.05, 3.63) is 34.9 Å². The molecule has 0 bridgehead atoms. The molecule has 0 aromatic heterocycles. The summed E-state index contributed by atoms with van der Waals surface area (Å²) in [5, 5.41) is 5.40. The largest absolute Gasteiger partial charge is 0.452 e. The maximum absolute atomic E-state index is 11.7. The third kappa shape index (κ3) is 5.90. The first-order chi connectivity index (χ1) is 11.0. The van der Waals surface area contributed by atoms with E-state index in [0.717, 1.165) is 25.7 Å². The minimum atomic E-state index is -0.666. The van der Waals surface area contributed by atoms with Crippen LogP contribution in [0.3, 0.4) is 0 Å². The average Bonchev–Trinajstić information content (AvgIpc) is 2.54. The molecule has 0 unspecified atom stereocenters. The van der Waals surface area contributed by atoms with Crippen LogP contribution >= 0.6 is 11.6 Å². The normalized spacial score (nSPS) is 14.8. The van der Waals surface area contributed by atoms with E-state index in [4.69, 9.17) is 16.3 Å². The van der Waals surface area contributed by atoms with E-state index in [1.807, 2.05) is 0 Å². The number of carbonyl (C=O) groups is 3. The molecule has 0 radical (unpaired) electrons. The predicted octanol–water partition coefficient (Wildman–Crippen LogP) is 2.66. The Morgan fingerprint density at radius 1 is 1.09 bits per heavy atom. The molecule has 3 amide bonds. The number of hydrogen-bond acceptors (Lipinski definition) is 4. The van der Waals surface area contributed by atoms with E-state index in [-0.39, 0.29) is 11.6 Å². The lowest BCUT2D eigenvalue weighted by atomic mass is 9.96. The van der Waals surface area contributed by atoms with Crippen molar-refractivity contribution < 1.29 is 19.1 Å². The van der Waals surface area contributed by atoms with Gasteiger partial charge in [-0.3, -0.25) is 10.1 Å². The lowest BCUT2D eigenvalue weighted by Gasteiger charge is -2.22. The minimum absolute atomic E-state index is 0.105. The van der Waals surface area contributed by atoms with Gasteiger partial charge in [-0.15, -0.1) is 0 Å². The summed E-state index contributed by atoms with van der Waals surface area (Å²) >= 11 is 5.72. The van der Waals surface area contributed by atoms with Gasteiger partial charge in [0.05, 0.1) is 5.56 Å². The molecule has 2 N–H and O–H groups in total. The minimum Gasteiger partial charge on any atom is -0.452 e. The lowest BCUT2D eigenvalue weighted by Crippen LogP contribution is -2.46. The van der Waals surface area contributed by atoms with E-state index in [1.54, 1.807) is 12.1 Å². The van der Waals surface area contributed by atoms with E-state index in [0.29, 0.717) is 5.02 Å². The molecule has 1 aromatic rings. The summed E-state index contributed by atoms with van der Waals surface area (Å²) in [5.41, 5.74) is 0.286. The summed E-state index contributed by atoms with van der Waals surface area (Å²) in [6.45, 7) is -0.514. The number of benzene rings is 1. The molecule has 124 valence electrons. The second kappa shape index (κ2) is 8.53. The van der Waals surface area contributed by atoms with Crippen molar-refractivity contribution >= 4 is 29.5 Å². The molecule has 23 heavy (non-hydrogen) atoms. The summed E-state index contributed by atoms with van der Waals surface area (Å²) in [6, 6.07) is 5.65. The monoisotopic (exact) mass is 338 g/mol. The third-order valence-corrected chi connectivity index (χ3v) is 3.86. The third-order valence-electron chi connectivity index (χ3n) is 3.61. The fraction of sp³-hybridized carbons (Fsp3) is 0.438. The van der Waals surface area contributed by atoms with Crippen molar-refractivity contribution in [2.75, 3.05) is 6.61 Å². The second-order valence-electron chi connectivity index (χ2n) is 5.44. The van der Waals surface area contributed by atoms with Crippen LogP contribution in [0.4, 0.5) is 4.79 Å². The van der Waals surface area contributed by atoms with Crippen molar-refractivity contribution in [2.24, 2.45) is 0 Å². The van der Waals surface area contributed by atoms with Gasteiger partial charge in [0.15, 0.2) is 6.61 Å². The molecule has 1 aliphatic rings. The van der Waals surface area contributed by atoms with Crippen LogP contribution in [0.5, 0.6) is 0 Å². The standard InChI is InChI=1S/C16H19ClN2O4/c17-12-8-6-11(7-9-12)15(21)23-10-14(20)19-16(22)18-13-4-2-1-3-5-13/h6-9,13H,1-5,10H2,(H2,18,19,20,22). The van der Waals surface area contributed by atoms with Crippen LogP contribution < -0.4 is 10.6 Å². The molecule has 1 fully saturated rings. The van der Waals surface area contributed by atoms with Crippen LogP contribution in [0.1, 0.15) is 42.5 Å². The number of urea groups is 1. The number of hydrogen-bond donors (Lipinski definition) is 2. The van der Waals surface area contributed by atoms with Crippen molar-refractivity contribution in [3.63, 3.8) is 0 Å². The number of esters is 1. The summed E-state index contributed by atoms with van der Waals surface area (Å²) in [6.07, 6.45) is 5.19. The zero-order valence-electron chi connectivity index (χ0n) is 12.6. The first-order valence-electron chi connectivity index (χ1n) is 7.57. The van der Waals surface area contributed by atoms with Gasteiger partial charge < -0.3 is 10.1 Å². The maximum atomic E-state index is 11.7. The first-order valence-corrected chi connectivity index (χ1v) is 7.95. The predicted molar refractivity (Wildman–Crippen MR) is 85.3 cm³/mol. The second-order valence-corrected chi connectivity index (χ2v) is 5.88. The average molecular weight is 339 g/mol. The zero-order valence-corrected chi connectivity index (χ0v) is 13.4.